The van der Waals surface area contributed by atoms with Crippen molar-refractivity contribution >= 4 is 17.5 Å². The van der Waals surface area contributed by atoms with Gasteiger partial charge in [-0.2, -0.15) is 5.26 Å². The molecule has 0 spiro atoms. The monoisotopic (exact) mass is 335 g/mol. The lowest BCUT2D eigenvalue weighted by atomic mass is 10.1. The predicted octanol–water partition coefficient (Wildman–Crippen LogP) is 1.92. The minimum atomic E-state index is -0.742. The Morgan fingerprint density at radius 2 is 1.92 bits per heavy atom. The van der Waals surface area contributed by atoms with Crippen molar-refractivity contribution in [3.8, 4) is 6.07 Å². The van der Waals surface area contributed by atoms with E-state index in [0.29, 0.717) is 17.8 Å². The van der Waals surface area contributed by atoms with Gasteiger partial charge in [0.1, 0.15) is 18.7 Å². The fraction of sp³-hybridized carbons (Fsp3) is 0.211. The van der Waals surface area contributed by atoms with Gasteiger partial charge in [-0.1, -0.05) is 42.5 Å². The van der Waals surface area contributed by atoms with Gasteiger partial charge in [-0.15, -0.1) is 0 Å². The van der Waals surface area contributed by atoms with Crippen LogP contribution in [-0.4, -0.2) is 36.0 Å². The molecule has 1 atom stereocenters. The van der Waals surface area contributed by atoms with Gasteiger partial charge in [-0.25, -0.2) is 0 Å². The summed E-state index contributed by atoms with van der Waals surface area (Å²) in [5, 5.41) is 11.9. The Hall–Kier alpha value is -3.17. The summed E-state index contributed by atoms with van der Waals surface area (Å²) in [6, 6.07) is 17.5. The van der Waals surface area contributed by atoms with E-state index in [1.54, 1.807) is 24.3 Å². The Morgan fingerprint density at radius 1 is 1.20 bits per heavy atom. The third-order valence-electron chi connectivity index (χ3n) is 4.00. The standard InChI is InChI=1S/C19H17N3O3/c20-10-15-8-4-5-9-16(15)21-19(24)17-12-25-13-18(23)22(17)11-14-6-2-1-3-7-14/h1-9,17H,11-13H2,(H,21,24). The number of morpholine rings is 1. The fourth-order valence-corrected chi connectivity index (χ4v) is 2.71. The number of carbonyl (C=O) groups is 2. The minimum absolute atomic E-state index is 0.0363. The van der Waals surface area contributed by atoms with Crippen LogP contribution < -0.4 is 5.32 Å². The average molecular weight is 335 g/mol. The zero-order chi connectivity index (χ0) is 17.6. The van der Waals surface area contributed by atoms with Crippen LogP contribution in [-0.2, 0) is 20.9 Å². The lowest BCUT2D eigenvalue weighted by Crippen LogP contribution is -2.54. The van der Waals surface area contributed by atoms with Crippen molar-refractivity contribution in [2.45, 2.75) is 12.6 Å². The highest BCUT2D eigenvalue weighted by molar-refractivity contribution is 5.98. The summed E-state index contributed by atoms with van der Waals surface area (Å²) < 4.78 is 5.26. The van der Waals surface area contributed by atoms with E-state index in [0.717, 1.165) is 5.56 Å². The first-order valence-corrected chi connectivity index (χ1v) is 7.90. The van der Waals surface area contributed by atoms with E-state index in [1.807, 2.05) is 36.4 Å². The highest BCUT2D eigenvalue weighted by Gasteiger charge is 2.34. The van der Waals surface area contributed by atoms with Gasteiger partial charge >= 0.3 is 0 Å². The second-order valence-corrected chi connectivity index (χ2v) is 5.68. The highest BCUT2D eigenvalue weighted by atomic mass is 16.5. The van der Waals surface area contributed by atoms with Crippen molar-refractivity contribution in [2.75, 3.05) is 18.5 Å². The zero-order valence-electron chi connectivity index (χ0n) is 13.5. The van der Waals surface area contributed by atoms with Crippen LogP contribution in [0.5, 0.6) is 0 Å². The zero-order valence-corrected chi connectivity index (χ0v) is 13.5. The summed E-state index contributed by atoms with van der Waals surface area (Å²) in [5.41, 5.74) is 1.73. The van der Waals surface area contributed by atoms with Crippen molar-refractivity contribution in [3.63, 3.8) is 0 Å². The summed E-state index contributed by atoms with van der Waals surface area (Å²) in [6.45, 7) is 0.422. The molecule has 1 heterocycles. The molecule has 2 aromatic carbocycles. The molecule has 1 saturated heterocycles. The molecule has 1 unspecified atom stereocenters. The van der Waals surface area contributed by atoms with Crippen molar-refractivity contribution < 1.29 is 14.3 Å². The SMILES string of the molecule is N#Cc1ccccc1NC(=O)C1COCC(=O)N1Cc1ccccc1. The van der Waals surface area contributed by atoms with Gasteiger partial charge in [0.25, 0.3) is 0 Å². The third-order valence-corrected chi connectivity index (χ3v) is 4.00. The molecule has 6 nitrogen and oxygen atoms in total. The molecule has 0 aliphatic carbocycles. The number of benzene rings is 2. The number of hydrogen-bond acceptors (Lipinski definition) is 4. The number of carbonyl (C=O) groups excluding carboxylic acids is 2. The van der Waals surface area contributed by atoms with E-state index < -0.39 is 6.04 Å². The number of amides is 2. The topological polar surface area (TPSA) is 82.4 Å². The summed E-state index contributed by atoms with van der Waals surface area (Å²) in [7, 11) is 0. The summed E-state index contributed by atoms with van der Waals surface area (Å²) in [5.74, 6) is -0.601. The Kier molecular flexibility index (Phi) is 5.07. The van der Waals surface area contributed by atoms with Crippen LogP contribution in [0.4, 0.5) is 5.69 Å². The molecule has 1 aliphatic heterocycles. The molecule has 2 aromatic rings. The third kappa shape index (κ3) is 3.84. The van der Waals surface area contributed by atoms with Crippen LogP contribution in [0.2, 0.25) is 0 Å². The van der Waals surface area contributed by atoms with Crippen molar-refractivity contribution in [1.82, 2.24) is 4.90 Å². The van der Waals surface area contributed by atoms with Crippen LogP contribution in [0.3, 0.4) is 0 Å². The van der Waals surface area contributed by atoms with Gasteiger partial charge in [0.15, 0.2) is 0 Å². The van der Waals surface area contributed by atoms with E-state index >= 15 is 0 Å². The number of hydrogen-bond donors (Lipinski definition) is 1. The number of para-hydroxylation sites is 1. The molecule has 0 aromatic heterocycles. The van der Waals surface area contributed by atoms with Gasteiger partial charge in [-0.3, -0.25) is 9.59 Å². The molecule has 126 valence electrons. The van der Waals surface area contributed by atoms with E-state index in [4.69, 9.17) is 10.00 Å². The molecule has 0 radical (unpaired) electrons. The molecule has 2 amide bonds. The molecule has 1 aliphatic rings. The average Bonchev–Trinajstić information content (AvgIpc) is 2.64. The van der Waals surface area contributed by atoms with E-state index in [9.17, 15) is 9.59 Å². The molecule has 6 heteroatoms. The first-order valence-electron chi connectivity index (χ1n) is 7.90. The van der Waals surface area contributed by atoms with Crippen LogP contribution in [0.1, 0.15) is 11.1 Å². The maximum Gasteiger partial charge on any atom is 0.249 e. The Morgan fingerprint density at radius 3 is 2.68 bits per heavy atom. The molecular formula is C19H17N3O3. The highest BCUT2D eigenvalue weighted by Crippen LogP contribution is 2.18. The summed E-state index contributed by atoms with van der Waals surface area (Å²) in [4.78, 5) is 26.5. The Balaban J connectivity index is 1.79. The second-order valence-electron chi connectivity index (χ2n) is 5.68. The number of nitrogens with one attached hydrogen (secondary N) is 1. The van der Waals surface area contributed by atoms with Crippen LogP contribution in [0.25, 0.3) is 0 Å². The number of anilines is 1. The molecule has 0 saturated carbocycles. The van der Waals surface area contributed by atoms with E-state index in [1.165, 1.54) is 4.90 Å². The van der Waals surface area contributed by atoms with Gasteiger partial charge in [0.05, 0.1) is 17.9 Å². The van der Waals surface area contributed by atoms with Crippen LogP contribution in [0, 0.1) is 11.3 Å². The number of nitriles is 1. The first-order chi connectivity index (χ1) is 12.2. The number of nitrogens with zero attached hydrogens (tertiary/aromatic N) is 2. The largest absolute Gasteiger partial charge is 0.369 e. The van der Waals surface area contributed by atoms with Gasteiger partial charge in [-0.05, 0) is 17.7 Å². The number of rotatable bonds is 4. The number of ether oxygens (including phenoxy) is 1. The van der Waals surface area contributed by atoms with Gasteiger partial charge < -0.3 is 15.0 Å². The van der Waals surface area contributed by atoms with Gasteiger partial charge in [0, 0.05) is 6.54 Å². The molecule has 3 rings (SSSR count). The van der Waals surface area contributed by atoms with Crippen LogP contribution in [0.15, 0.2) is 54.6 Å². The van der Waals surface area contributed by atoms with Crippen molar-refractivity contribution in [2.24, 2.45) is 0 Å². The molecule has 1 fully saturated rings. The normalized spacial score (nSPS) is 17.0. The maximum absolute atomic E-state index is 12.7. The van der Waals surface area contributed by atoms with Gasteiger partial charge in [0.2, 0.25) is 11.8 Å². The molecular weight excluding hydrogens is 318 g/mol. The minimum Gasteiger partial charge on any atom is -0.369 e. The Labute approximate surface area is 145 Å². The lowest BCUT2D eigenvalue weighted by molar-refractivity contribution is -0.154. The quantitative estimate of drug-likeness (QED) is 0.925. The fourth-order valence-electron chi connectivity index (χ4n) is 2.71. The summed E-state index contributed by atoms with van der Waals surface area (Å²) in [6.07, 6.45) is 0. The van der Waals surface area contributed by atoms with Crippen molar-refractivity contribution in [1.29, 1.82) is 5.26 Å². The smallest absolute Gasteiger partial charge is 0.249 e. The van der Waals surface area contributed by atoms with Crippen molar-refractivity contribution in [3.05, 3.63) is 65.7 Å². The predicted molar refractivity (Wildman–Crippen MR) is 91.4 cm³/mol. The first kappa shape index (κ1) is 16.7. The molecule has 1 N–H and O–H groups in total. The van der Waals surface area contributed by atoms with E-state index in [2.05, 4.69) is 5.32 Å². The Bertz CT molecular complexity index is 814. The maximum atomic E-state index is 12.7. The molecule has 25 heavy (non-hydrogen) atoms. The second kappa shape index (κ2) is 7.60. The lowest BCUT2D eigenvalue weighted by Gasteiger charge is -2.34. The summed E-state index contributed by atoms with van der Waals surface area (Å²) >= 11 is 0. The molecule has 0 bridgehead atoms. The van der Waals surface area contributed by atoms with E-state index in [-0.39, 0.29) is 25.0 Å². The van der Waals surface area contributed by atoms with Crippen LogP contribution >= 0.6 is 0 Å².